The molecule has 5 nitrogen and oxygen atoms in total. The van der Waals surface area contributed by atoms with Gasteiger partial charge in [-0.3, -0.25) is 0 Å². The number of nitrogens with zero attached hydrogens (tertiary/aromatic N) is 1. The second kappa shape index (κ2) is 8.64. The smallest absolute Gasteiger partial charge is 0.314 e. The van der Waals surface area contributed by atoms with Crippen LogP contribution < -0.4 is 10.6 Å². The summed E-state index contributed by atoms with van der Waals surface area (Å²) in [7, 11) is 0. The van der Waals surface area contributed by atoms with Crippen LogP contribution in [-0.4, -0.2) is 35.8 Å². The average Bonchev–Trinajstić information content (AvgIpc) is 2.92. The van der Waals surface area contributed by atoms with Crippen molar-refractivity contribution in [2.75, 3.05) is 19.7 Å². The third kappa shape index (κ3) is 6.11. The van der Waals surface area contributed by atoms with Gasteiger partial charge in [-0.15, -0.1) is 11.3 Å². The van der Waals surface area contributed by atoms with Gasteiger partial charge in [0, 0.05) is 31.0 Å². The molecule has 0 saturated heterocycles. The minimum Gasteiger partial charge on any atom is -0.396 e. The first kappa shape index (κ1) is 18.2. The topological polar surface area (TPSA) is 74.2 Å². The summed E-state index contributed by atoms with van der Waals surface area (Å²) in [4.78, 5) is 18.0. The molecule has 6 heteroatoms. The molecular weight excluding hydrogens is 310 g/mol. The number of aliphatic hydroxyl groups is 1. The Kier molecular flexibility index (Phi) is 6.84. The average molecular weight is 340 g/mol. The molecular formula is C17H29N3O2S. The highest BCUT2D eigenvalue weighted by molar-refractivity contribution is 7.11. The molecule has 0 unspecified atom stereocenters. The van der Waals surface area contributed by atoms with Gasteiger partial charge in [-0.1, -0.05) is 13.8 Å². The Balaban J connectivity index is 1.61. The normalized spacial score (nSPS) is 14.4. The van der Waals surface area contributed by atoms with Crippen molar-refractivity contribution in [3.05, 3.63) is 15.6 Å². The fourth-order valence-corrected chi connectivity index (χ4v) is 3.93. The fraction of sp³-hybridized carbons (Fsp3) is 0.765. The van der Waals surface area contributed by atoms with Gasteiger partial charge in [-0.25, -0.2) is 9.78 Å². The molecule has 1 aromatic rings. The van der Waals surface area contributed by atoms with E-state index in [-0.39, 0.29) is 18.1 Å². The molecule has 0 fully saturated rings. The van der Waals surface area contributed by atoms with Crippen molar-refractivity contribution >= 4 is 17.4 Å². The quantitative estimate of drug-likeness (QED) is 0.638. The molecule has 23 heavy (non-hydrogen) atoms. The van der Waals surface area contributed by atoms with Crippen LogP contribution in [0.2, 0.25) is 0 Å². The van der Waals surface area contributed by atoms with Gasteiger partial charge in [0.05, 0.1) is 10.7 Å². The lowest BCUT2D eigenvalue weighted by Gasteiger charge is -2.23. The van der Waals surface area contributed by atoms with Crippen LogP contribution in [0.4, 0.5) is 4.79 Å². The number of aromatic nitrogens is 1. The van der Waals surface area contributed by atoms with Crippen LogP contribution in [0.15, 0.2) is 0 Å². The SMILES string of the molecule is CC(C)(CCO)CNC(=O)NCCCc1nc2c(s1)CCCC2. The third-order valence-corrected chi connectivity index (χ3v) is 5.48. The molecule has 1 aliphatic carbocycles. The van der Waals surface area contributed by atoms with E-state index in [4.69, 9.17) is 10.1 Å². The maximum absolute atomic E-state index is 11.8. The zero-order valence-electron chi connectivity index (χ0n) is 14.3. The maximum Gasteiger partial charge on any atom is 0.314 e. The number of amides is 2. The summed E-state index contributed by atoms with van der Waals surface area (Å²) in [5, 5.41) is 16.0. The number of carbonyl (C=O) groups excluding carboxylic acids is 1. The predicted octanol–water partition coefficient (Wildman–Crippen LogP) is 2.66. The molecule has 2 amide bonds. The van der Waals surface area contributed by atoms with E-state index in [1.807, 2.05) is 25.2 Å². The Labute approximate surface area is 142 Å². The van der Waals surface area contributed by atoms with Gasteiger partial charge in [-0.2, -0.15) is 0 Å². The van der Waals surface area contributed by atoms with E-state index in [0.29, 0.717) is 19.5 Å². The third-order valence-electron chi connectivity index (χ3n) is 4.26. The number of nitrogens with one attached hydrogen (secondary N) is 2. The Morgan fingerprint density at radius 2 is 2.09 bits per heavy atom. The van der Waals surface area contributed by atoms with Crippen LogP contribution >= 0.6 is 11.3 Å². The second-order valence-electron chi connectivity index (χ2n) is 7.04. The van der Waals surface area contributed by atoms with Crippen molar-refractivity contribution in [2.45, 2.75) is 58.8 Å². The number of aliphatic hydroxyl groups excluding tert-OH is 1. The zero-order chi connectivity index (χ0) is 16.7. The van der Waals surface area contributed by atoms with E-state index in [1.54, 1.807) is 0 Å². The van der Waals surface area contributed by atoms with E-state index >= 15 is 0 Å². The van der Waals surface area contributed by atoms with Gasteiger partial charge in [0.25, 0.3) is 0 Å². The van der Waals surface area contributed by atoms with Crippen molar-refractivity contribution in [1.82, 2.24) is 15.6 Å². The second-order valence-corrected chi connectivity index (χ2v) is 8.20. The van der Waals surface area contributed by atoms with E-state index in [1.165, 1.54) is 34.8 Å². The van der Waals surface area contributed by atoms with Crippen molar-refractivity contribution in [2.24, 2.45) is 5.41 Å². The molecule has 0 aromatic carbocycles. The number of thiazole rings is 1. The monoisotopic (exact) mass is 339 g/mol. The molecule has 0 radical (unpaired) electrons. The molecule has 3 N–H and O–H groups in total. The zero-order valence-corrected chi connectivity index (χ0v) is 15.1. The van der Waals surface area contributed by atoms with Crippen LogP contribution in [0.25, 0.3) is 0 Å². The standard InChI is InChI=1S/C17H29N3O2S/c1-17(2,9-11-21)12-19-16(22)18-10-5-8-15-20-13-6-3-4-7-14(13)23-15/h21H,3-12H2,1-2H3,(H2,18,19,22). The highest BCUT2D eigenvalue weighted by Crippen LogP contribution is 2.27. The van der Waals surface area contributed by atoms with Crippen LogP contribution in [0.3, 0.4) is 0 Å². The molecule has 1 heterocycles. The highest BCUT2D eigenvalue weighted by Gasteiger charge is 2.18. The minimum atomic E-state index is -0.130. The fourth-order valence-electron chi connectivity index (χ4n) is 2.73. The summed E-state index contributed by atoms with van der Waals surface area (Å²) in [6.45, 7) is 5.45. The number of rotatable bonds is 8. The van der Waals surface area contributed by atoms with Crippen LogP contribution in [0.5, 0.6) is 0 Å². The van der Waals surface area contributed by atoms with Gasteiger partial charge in [0.15, 0.2) is 0 Å². The molecule has 0 bridgehead atoms. The molecule has 1 aliphatic rings. The van der Waals surface area contributed by atoms with Crippen molar-refractivity contribution in [1.29, 1.82) is 0 Å². The summed E-state index contributed by atoms with van der Waals surface area (Å²) in [5.41, 5.74) is 1.24. The van der Waals surface area contributed by atoms with E-state index in [9.17, 15) is 4.79 Å². The maximum atomic E-state index is 11.8. The van der Waals surface area contributed by atoms with Crippen LogP contribution in [0.1, 0.15) is 55.1 Å². The first-order valence-corrected chi connectivity index (χ1v) is 9.42. The molecule has 0 spiro atoms. The van der Waals surface area contributed by atoms with Crippen LogP contribution in [-0.2, 0) is 19.3 Å². The van der Waals surface area contributed by atoms with Crippen LogP contribution in [0, 0.1) is 5.41 Å². The highest BCUT2D eigenvalue weighted by atomic mass is 32.1. The lowest BCUT2D eigenvalue weighted by molar-refractivity contribution is 0.201. The first-order valence-electron chi connectivity index (χ1n) is 8.60. The van der Waals surface area contributed by atoms with Gasteiger partial charge < -0.3 is 15.7 Å². The lowest BCUT2D eigenvalue weighted by Crippen LogP contribution is -2.41. The summed E-state index contributed by atoms with van der Waals surface area (Å²) in [5.74, 6) is 0. The Morgan fingerprint density at radius 3 is 2.83 bits per heavy atom. The largest absolute Gasteiger partial charge is 0.396 e. The van der Waals surface area contributed by atoms with Crippen molar-refractivity contribution in [3.8, 4) is 0 Å². The van der Waals surface area contributed by atoms with Gasteiger partial charge in [0.2, 0.25) is 0 Å². The van der Waals surface area contributed by atoms with E-state index in [0.717, 1.165) is 19.3 Å². The number of hydrogen-bond donors (Lipinski definition) is 3. The summed E-state index contributed by atoms with van der Waals surface area (Å²) >= 11 is 1.85. The number of carbonyl (C=O) groups is 1. The Morgan fingerprint density at radius 1 is 1.30 bits per heavy atom. The molecule has 0 aliphatic heterocycles. The predicted molar refractivity (Wildman–Crippen MR) is 94.0 cm³/mol. The van der Waals surface area contributed by atoms with E-state index < -0.39 is 0 Å². The number of hydrogen-bond acceptors (Lipinski definition) is 4. The lowest BCUT2D eigenvalue weighted by atomic mass is 9.90. The molecule has 0 atom stereocenters. The minimum absolute atomic E-state index is 0.0773. The number of aryl methyl sites for hydroxylation is 3. The number of urea groups is 1. The summed E-state index contributed by atoms with van der Waals surface area (Å²) in [6.07, 6.45) is 7.43. The summed E-state index contributed by atoms with van der Waals surface area (Å²) < 4.78 is 0. The van der Waals surface area contributed by atoms with Gasteiger partial charge in [0.1, 0.15) is 0 Å². The van der Waals surface area contributed by atoms with Crippen molar-refractivity contribution in [3.63, 3.8) is 0 Å². The van der Waals surface area contributed by atoms with E-state index in [2.05, 4.69) is 10.6 Å². The van der Waals surface area contributed by atoms with Crippen molar-refractivity contribution < 1.29 is 9.90 Å². The van der Waals surface area contributed by atoms with Gasteiger partial charge >= 0.3 is 6.03 Å². The molecule has 1 aromatic heterocycles. The molecule has 130 valence electrons. The first-order chi connectivity index (χ1) is 11.0. The molecule has 0 saturated carbocycles. The summed E-state index contributed by atoms with van der Waals surface area (Å²) in [6, 6.07) is -0.130. The Bertz CT molecular complexity index is 490. The van der Waals surface area contributed by atoms with Gasteiger partial charge in [-0.05, 0) is 43.9 Å². The Hall–Kier alpha value is -1.14. The molecule has 2 rings (SSSR count). The number of fused-ring (bicyclic) bond motifs is 1.